The maximum atomic E-state index is 12.0. The molecule has 90 valence electrons. The number of H-pyrrole nitrogens is 1. The first-order valence-electron chi connectivity index (χ1n) is 5.64. The van der Waals surface area contributed by atoms with Crippen LogP contribution in [0.3, 0.4) is 0 Å². The minimum absolute atomic E-state index is 0.0907. The summed E-state index contributed by atoms with van der Waals surface area (Å²) in [6.07, 6.45) is 0.772. The standard InChI is InChI=1S/C13H15BrN2O/c1-3-12-9(2)15-16(13(12)17)8-10-4-6-11(14)7-5-10/h4-7,15H,3,8H2,1-2H3. The number of benzene rings is 1. The molecule has 0 fully saturated rings. The molecule has 0 aliphatic carbocycles. The zero-order valence-electron chi connectivity index (χ0n) is 9.96. The third-order valence-corrected chi connectivity index (χ3v) is 3.39. The van der Waals surface area contributed by atoms with Crippen LogP contribution in [0.4, 0.5) is 0 Å². The Morgan fingerprint density at radius 1 is 1.29 bits per heavy atom. The largest absolute Gasteiger partial charge is 0.299 e. The number of halogens is 1. The Kier molecular flexibility index (Phi) is 3.52. The molecule has 0 spiro atoms. The lowest BCUT2D eigenvalue weighted by molar-refractivity contribution is 0.656. The van der Waals surface area contributed by atoms with Gasteiger partial charge in [0.25, 0.3) is 5.56 Å². The first-order chi connectivity index (χ1) is 8.11. The summed E-state index contributed by atoms with van der Waals surface area (Å²) in [5.74, 6) is 0. The van der Waals surface area contributed by atoms with E-state index in [1.807, 2.05) is 38.1 Å². The lowest BCUT2D eigenvalue weighted by atomic mass is 10.2. The Balaban J connectivity index is 2.30. The van der Waals surface area contributed by atoms with Crippen molar-refractivity contribution in [3.8, 4) is 0 Å². The molecule has 0 aliphatic heterocycles. The van der Waals surface area contributed by atoms with E-state index in [2.05, 4.69) is 21.0 Å². The van der Waals surface area contributed by atoms with Crippen LogP contribution in [0.2, 0.25) is 0 Å². The molecule has 0 amide bonds. The molecule has 0 bridgehead atoms. The Bertz CT molecular complexity index is 566. The Hall–Kier alpha value is -1.29. The highest BCUT2D eigenvalue weighted by Crippen LogP contribution is 2.11. The fourth-order valence-corrected chi connectivity index (χ4v) is 2.21. The normalized spacial score (nSPS) is 10.8. The number of aromatic amines is 1. The van der Waals surface area contributed by atoms with E-state index in [-0.39, 0.29) is 5.56 Å². The van der Waals surface area contributed by atoms with Crippen molar-refractivity contribution in [2.75, 3.05) is 0 Å². The summed E-state index contributed by atoms with van der Waals surface area (Å²) in [5, 5.41) is 3.12. The van der Waals surface area contributed by atoms with E-state index >= 15 is 0 Å². The molecule has 0 aliphatic rings. The molecule has 0 atom stereocenters. The Morgan fingerprint density at radius 3 is 2.47 bits per heavy atom. The summed E-state index contributed by atoms with van der Waals surface area (Å²) < 4.78 is 2.71. The topological polar surface area (TPSA) is 37.8 Å². The highest BCUT2D eigenvalue weighted by atomic mass is 79.9. The van der Waals surface area contributed by atoms with Crippen molar-refractivity contribution in [2.45, 2.75) is 26.8 Å². The van der Waals surface area contributed by atoms with Crippen molar-refractivity contribution in [1.82, 2.24) is 9.78 Å². The van der Waals surface area contributed by atoms with Crippen LogP contribution in [0.25, 0.3) is 0 Å². The molecule has 0 unspecified atom stereocenters. The smallest absolute Gasteiger partial charge is 0.270 e. The second-order valence-corrected chi connectivity index (χ2v) is 5.00. The summed E-state index contributed by atoms with van der Waals surface area (Å²) in [5.41, 5.74) is 3.05. The quantitative estimate of drug-likeness (QED) is 0.929. The van der Waals surface area contributed by atoms with Crippen molar-refractivity contribution < 1.29 is 0 Å². The molecule has 4 heteroatoms. The Labute approximate surface area is 109 Å². The highest BCUT2D eigenvalue weighted by molar-refractivity contribution is 9.10. The number of rotatable bonds is 3. The van der Waals surface area contributed by atoms with Gasteiger partial charge in [0, 0.05) is 15.7 Å². The minimum Gasteiger partial charge on any atom is -0.299 e. The van der Waals surface area contributed by atoms with Gasteiger partial charge in [-0.1, -0.05) is 35.0 Å². The van der Waals surface area contributed by atoms with E-state index in [1.165, 1.54) is 0 Å². The van der Waals surface area contributed by atoms with E-state index < -0.39 is 0 Å². The van der Waals surface area contributed by atoms with Crippen molar-refractivity contribution in [2.24, 2.45) is 0 Å². The molecule has 1 N–H and O–H groups in total. The number of nitrogens with one attached hydrogen (secondary N) is 1. The van der Waals surface area contributed by atoms with Gasteiger partial charge in [-0.05, 0) is 31.0 Å². The van der Waals surface area contributed by atoms with Gasteiger partial charge in [-0.25, -0.2) is 4.68 Å². The van der Waals surface area contributed by atoms with Gasteiger partial charge < -0.3 is 0 Å². The predicted molar refractivity (Wildman–Crippen MR) is 72.4 cm³/mol. The van der Waals surface area contributed by atoms with E-state index in [1.54, 1.807) is 4.68 Å². The first kappa shape index (κ1) is 12.2. The molecule has 0 radical (unpaired) electrons. The fourth-order valence-electron chi connectivity index (χ4n) is 1.94. The van der Waals surface area contributed by atoms with E-state index in [0.717, 1.165) is 27.7 Å². The van der Waals surface area contributed by atoms with E-state index in [0.29, 0.717) is 6.54 Å². The average molecular weight is 295 g/mol. The second-order valence-electron chi connectivity index (χ2n) is 4.09. The number of aryl methyl sites for hydroxylation is 1. The zero-order chi connectivity index (χ0) is 12.4. The van der Waals surface area contributed by atoms with Crippen LogP contribution in [-0.4, -0.2) is 9.78 Å². The van der Waals surface area contributed by atoms with Gasteiger partial charge in [0.2, 0.25) is 0 Å². The summed E-state index contributed by atoms with van der Waals surface area (Å²) in [7, 11) is 0. The van der Waals surface area contributed by atoms with Crippen LogP contribution in [0.15, 0.2) is 33.5 Å². The van der Waals surface area contributed by atoms with Crippen LogP contribution in [0.1, 0.15) is 23.7 Å². The molecular formula is C13H15BrN2O. The lowest BCUT2D eigenvalue weighted by Gasteiger charge is -2.02. The van der Waals surface area contributed by atoms with Crippen LogP contribution in [0.5, 0.6) is 0 Å². The van der Waals surface area contributed by atoms with E-state index in [4.69, 9.17) is 0 Å². The van der Waals surface area contributed by atoms with Gasteiger partial charge in [-0.2, -0.15) is 0 Å². The average Bonchev–Trinajstić information content (AvgIpc) is 2.57. The van der Waals surface area contributed by atoms with Crippen molar-refractivity contribution >= 4 is 15.9 Å². The van der Waals surface area contributed by atoms with Gasteiger partial charge >= 0.3 is 0 Å². The van der Waals surface area contributed by atoms with Crippen molar-refractivity contribution in [3.63, 3.8) is 0 Å². The molecule has 2 rings (SSSR count). The molecule has 2 aromatic rings. The summed E-state index contributed by atoms with van der Waals surface area (Å²) in [6.45, 7) is 4.53. The maximum absolute atomic E-state index is 12.0. The molecule has 0 saturated carbocycles. The summed E-state index contributed by atoms with van der Waals surface area (Å²) in [6, 6.07) is 7.99. The number of aromatic nitrogens is 2. The number of hydrogen-bond donors (Lipinski definition) is 1. The van der Waals surface area contributed by atoms with Crippen LogP contribution in [0, 0.1) is 6.92 Å². The van der Waals surface area contributed by atoms with Crippen LogP contribution >= 0.6 is 15.9 Å². The van der Waals surface area contributed by atoms with Gasteiger partial charge in [0.15, 0.2) is 0 Å². The van der Waals surface area contributed by atoms with Gasteiger partial charge in [-0.15, -0.1) is 0 Å². The van der Waals surface area contributed by atoms with Crippen molar-refractivity contribution in [1.29, 1.82) is 0 Å². The summed E-state index contributed by atoms with van der Waals surface area (Å²) >= 11 is 3.40. The highest BCUT2D eigenvalue weighted by Gasteiger charge is 2.08. The first-order valence-corrected chi connectivity index (χ1v) is 6.44. The molecule has 3 nitrogen and oxygen atoms in total. The Morgan fingerprint density at radius 2 is 1.94 bits per heavy atom. The minimum atomic E-state index is 0.0907. The van der Waals surface area contributed by atoms with E-state index in [9.17, 15) is 4.79 Å². The SMILES string of the molecule is CCc1c(C)[nH]n(Cc2ccc(Br)cc2)c1=O. The predicted octanol–water partition coefficient (Wildman–Crippen LogP) is 2.86. The third kappa shape index (κ3) is 2.52. The molecule has 1 heterocycles. The molecule has 1 aromatic carbocycles. The second kappa shape index (κ2) is 4.92. The van der Waals surface area contributed by atoms with Gasteiger partial charge in [0.1, 0.15) is 0 Å². The molecule has 0 saturated heterocycles. The van der Waals surface area contributed by atoms with Gasteiger partial charge in [-0.3, -0.25) is 9.89 Å². The van der Waals surface area contributed by atoms with Crippen LogP contribution in [-0.2, 0) is 13.0 Å². The molecule has 17 heavy (non-hydrogen) atoms. The van der Waals surface area contributed by atoms with Crippen LogP contribution < -0.4 is 5.56 Å². The van der Waals surface area contributed by atoms with Crippen molar-refractivity contribution in [3.05, 3.63) is 55.9 Å². The lowest BCUT2D eigenvalue weighted by Crippen LogP contribution is -2.19. The zero-order valence-corrected chi connectivity index (χ0v) is 11.5. The third-order valence-electron chi connectivity index (χ3n) is 2.87. The molecule has 1 aromatic heterocycles. The monoisotopic (exact) mass is 294 g/mol. The molecular weight excluding hydrogens is 280 g/mol. The number of hydrogen-bond acceptors (Lipinski definition) is 1. The van der Waals surface area contributed by atoms with Gasteiger partial charge in [0.05, 0.1) is 6.54 Å². The number of nitrogens with zero attached hydrogens (tertiary/aromatic N) is 1. The maximum Gasteiger partial charge on any atom is 0.270 e. The summed E-state index contributed by atoms with van der Waals surface area (Å²) in [4.78, 5) is 12.0. The fraction of sp³-hybridized carbons (Fsp3) is 0.308.